The maximum atomic E-state index is 11.8. The molecule has 0 saturated heterocycles. The van der Waals surface area contributed by atoms with Gasteiger partial charge in [0, 0.05) is 18.2 Å². The van der Waals surface area contributed by atoms with Crippen LogP contribution in [0, 0.1) is 0 Å². The lowest BCUT2D eigenvalue weighted by molar-refractivity contribution is -0.119. The molecule has 1 rings (SSSR count). The number of thiocarbonyl (C=S) groups is 1. The monoisotopic (exact) mass is 336 g/mol. The highest BCUT2D eigenvalue weighted by Crippen LogP contribution is 2.17. The third-order valence-electron chi connectivity index (χ3n) is 3.37. The average Bonchev–Trinajstić information content (AvgIpc) is 2.52. The standard InChI is InChI=1S/C18H28N2O2S/c1-3-5-7-8-12-17(21)20-18(23)19-15-10-9-11-16(14-15)22-13-6-4-2/h9-11,14H,3-8,12-13H2,1-2H3,(H2,19,20,21,23). The van der Waals surface area contributed by atoms with E-state index in [1.165, 1.54) is 6.42 Å². The Labute approximate surface area is 145 Å². The summed E-state index contributed by atoms with van der Waals surface area (Å²) in [7, 11) is 0. The molecule has 0 spiro atoms. The van der Waals surface area contributed by atoms with Crippen LogP contribution >= 0.6 is 12.2 Å². The first-order valence-electron chi connectivity index (χ1n) is 8.49. The van der Waals surface area contributed by atoms with Crippen molar-refractivity contribution in [2.75, 3.05) is 11.9 Å². The van der Waals surface area contributed by atoms with E-state index in [-0.39, 0.29) is 5.91 Å². The summed E-state index contributed by atoms with van der Waals surface area (Å²) in [6.45, 7) is 4.99. The van der Waals surface area contributed by atoms with E-state index in [0.717, 1.165) is 43.5 Å². The van der Waals surface area contributed by atoms with Gasteiger partial charge in [0.25, 0.3) is 0 Å². The molecule has 0 radical (unpaired) electrons. The molecule has 0 fully saturated rings. The lowest BCUT2D eigenvalue weighted by Crippen LogP contribution is -2.33. The van der Waals surface area contributed by atoms with Crippen molar-refractivity contribution in [3.63, 3.8) is 0 Å². The molecule has 0 aliphatic heterocycles. The normalized spacial score (nSPS) is 10.2. The molecule has 23 heavy (non-hydrogen) atoms. The summed E-state index contributed by atoms with van der Waals surface area (Å²) in [6, 6.07) is 7.59. The molecule has 0 aliphatic rings. The number of carbonyl (C=O) groups is 1. The maximum Gasteiger partial charge on any atom is 0.226 e. The number of hydrogen-bond donors (Lipinski definition) is 2. The van der Waals surface area contributed by atoms with Gasteiger partial charge in [-0.3, -0.25) is 4.79 Å². The summed E-state index contributed by atoms with van der Waals surface area (Å²) in [6.07, 6.45) is 6.97. The molecule has 1 amide bonds. The van der Waals surface area contributed by atoms with Gasteiger partial charge in [-0.25, -0.2) is 0 Å². The summed E-state index contributed by atoms with van der Waals surface area (Å²) >= 11 is 5.18. The minimum absolute atomic E-state index is 0.0334. The van der Waals surface area contributed by atoms with Crippen LogP contribution in [0.15, 0.2) is 24.3 Å². The maximum absolute atomic E-state index is 11.8. The minimum atomic E-state index is -0.0334. The fraction of sp³-hybridized carbons (Fsp3) is 0.556. The lowest BCUT2D eigenvalue weighted by Gasteiger charge is -2.11. The Morgan fingerprint density at radius 1 is 1.13 bits per heavy atom. The first-order valence-corrected chi connectivity index (χ1v) is 8.90. The van der Waals surface area contributed by atoms with Crippen LogP contribution in [0.3, 0.4) is 0 Å². The molecule has 2 N–H and O–H groups in total. The van der Waals surface area contributed by atoms with E-state index in [9.17, 15) is 4.79 Å². The van der Waals surface area contributed by atoms with Crippen LogP contribution in [0.2, 0.25) is 0 Å². The molecule has 0 unspecified atom stereocenters. The number of carbonyl (C=O) groups excluding carboxylic acids is 1. The van der Waals surface area contributed by atoms with Gasteiger partial charge in [-0.05, 0) is 37.2 Å². The van der Waals surface area contributed by atoms with E-state index in [4.69, 9.17) is 17.0 Å². The van der Waals surface area contributed by atoms with Gasteiger partial charge in [0.2, 0.25) is 5.91 Å². The molecule has 0 bridgehead atoms. The number of rotatable bonds is 10. The predicted molar refractivity (Wildman–Crippen MR) is 100.0 cm³/mol. The van der Waals surface area contributed by atoms with Crippen molar-refractivity contribution >= 4 is 28.9 Å². The highest BCUT2D eigenvalue weighted by molar-refractivity contribution is 7.80. The van der Waals surface area contributed by atoms with Gasteiger partial charge in [-0.15, -0.1) is 0 Å². The van der Waals surface area contributed by atoms with Crippen molar-refractivity contribution in [1.29, 1.82) is 0 Å². The Balaban J connectivity index is 2.35. The smallest absolute Gasteiger partial charge is 0.226 e. The molecular formula is C18H28N2O2S. The second kappa shape index (κ2) is 11.9. The predicted octanol–water partition coefficient (Wildman–Crippen LogP) is 4.65. The first-order chi connectivity index (χ1) is 11.2. The molecule has 0 aromatic heterocycles. The summed E-state index contributed by atoms with van der Waals surface area (Å²) in [5, 5.41) is 6.07. The minimum Gasteiger partial charge on any atom is -0.494 e. The summed E-state index contributed by atoms with van der Waals surface area (Å²) in [5.74, 6) is 0.770. The van der Waals surface area contributed by atoms with Crippen molar-refractivity contribution in [3.8, 4) is 5.75 Å². The summed E-state index contributed by atoms with van der Waals surface area (Å²) in [4.78, 5) is 11.8. The number of nitrogens with one attached hydrogen (secondary N) is 2. The lowest BCUT2D eigenvalue weighted by atomic mass is 10.1. The van der Waals surface area contributed by atoms with Crippen molar-refractivity contribution < 1.29 is 9.53 Å². The van der Waals surface area contributed by atoms with Gasteiger partial charge in [-0.1, -0.05) is 45.6 Å². The second-order valence-corrected chi connectivity index (χ2v) is 5.95. The van der Waals surface area contributed by atoms with Crippen LogP contribution in [0.4, 0.5) is 5.69 Å². The zero-order valence-electron chi connectivity index (χ0n) is 14.2. The van der Waals surface area contributed by atoms with Crippen LogP contribution < -0.4 is 15.4 Å². The number of benzene rings is 1. The molecule has 0 saturated carbocycles. The second-order valence-electron chi connectivity index (χ2n) is 5.54. The number of ether oxygens (including phenoxy) is 1. The van der Waals surface area contributed by atoms with Gasteiger partial charge >= 0.3 is 0 Å². The van der Waals surface area contributed by atoms with E-state index in [2.05, 4.69) is 24.5 Å². The third-order valence-corrected chi connectivity index (χ3v) is 3.57. The molecule has 5 heteroatoms. The van der Waals surface area contributed by atoms with Crippen LogP contribution in [0.25, 0.3) is 0 Å². The highest BCUT2D eigenvalue weighted by Gasteiger charge is 2.05. The quantitative estimate of drug-likeness (QED) is 0.482. The Morgan fingerprint density at radius 2 is 1.91 bits per heavy atom. The zero-order chi connectivity index (χ0) is 16.9. The molecule has 0 atom stereocenters. The number of unbranched alkanes of at least 4 members (excludes halogenated alkanes) is 4. The highest BCUT2D eigenvalue weighted by atomic mass is 32.1. The van der Waals surface area contributed by atoms with Gasteiger partial charge in [0.1, 0.15) is 5.75 Å². The van der Waals surface area contributed by atoms with E-state index in [0.29, 0.717) is 18.1 Å². The SMILES string of the molecule is CCCCCCC(=O)NC(=S)Nc1cccc(OCCCC)c1. The molecule has 4 nitrogen and oxygen atoms in total. The Hall–Kier alpha value is -1.62. The van der Waals surface area contributed by atoms with E-state index in [1.807, 2.05) is 24.3 Å². The number of amides is 1. The molecule has 1 aromatic rings. The van der Waals surface area contributed by atoms with Crippen molar-refractivity contribution in [1.82, 2.24) is 5.32 Å². The molecule has 0 aliphatic carbocycles. The fourth-order valence-electron chi connectivity index (χ4n) is 2.06. The number of anilines is 1. The third kappa shape index (κ3) is 9.18. The molecule has 1 aromatic carbocycles. The molecule has 128 valence electrons. The summed E-state index contributed by atoms with van der Waals surface area (Å²) in [5.41, 5.74) is 0.815. The van der Waals surface area contributed by atoms with E-state index < -0.39 is 0 Å². The van der Waals surface area contributed by atoms with Gasteiger partial charge in [-0.2, -0.15) is 0 Å². The van der Waals surface area contributed by atoms with E-state index >= 15 is 0 Å². The Kier molecular flexibility index (Phi) is 10.0. The van der Waals surface area contributed by atoms with Crippen LogP contribution in [-0.4, -0.2) is 17.6 Å². The Morgan fingerprint density at radius 3 is 2.65 bits per heavy atom. The van der Waals surface area contributed by atoms with Crippen LogP contribution in [0.1, 0.15) is 58.8 Å². The van der Waals surface area contributed by atoms with E-state index in [1.54, 1.807) is 0 Å². The zero-order valence-corrected chi connectivity index (χ0v) is 15.0. The summed E-state index contributed by atoms with van der Waals surface area (Å²) < 4.78 is 5.66. The van der Waals surface area contributed by atoms with Crippen molar-refractivity contribution in [2.24, 2.45) is 0 Å². The molecular weight excluding hydrogens is 308 g/mol. The Bertz CT molecular complexity index is 492. The largest absolute Gasteiger partial charge is 0.494 e. The molecule has 0 heterocycles. The van der Waals surface area contributed by atoms with Crippen LogP contribution in [0.5, 0.6) is 5.75 Å². The number of hydrogen-bond acceptors (Lipinski definition) is 3. The van der Waals surface area contributed by atoms with Crippen molar-refractivity contribution in [3.05, 3.63) is 24.3 Å². The fourth-order valence-corrected chi connectivity index (χ4v) is 2.29. The average molecular weight is 337 g/mol. The van der Waals surface area contributed by atoms with Gasteiger partial charge in [0.05, 0.1) is 6.61 Å². The first kappa shape index (κ1) is 19.4. The van der Waals surface area contributed by atoms with Crippen molar-refractivity contribution in [2.45, 2.75) is 58.8 Å². The van der Waals surface area contributed by atoms with Gasteiger partial charge < -0.3 is 15.4 Å². The van der Waals surface area contributed by atoms with Gasteiger partial charge in [0.15, 0.2) is 5.11 Å². The van der Waals surface area contributed by atoms with Crippen LogP contribution in [-0.2, 0) is 4.79 Å². The topological polar surface area (TPSA) is 50.4 Å².